The highest BCUT2D eigenvalue weighted by Gasteiger charge is 2.26. The summed E-state index contributed by atoms with van der Waals surface area (Å²) in [6, 6.07) is 117. The van der Waals surface area contributed by atoms with Crippen LogP contribution in [0.15, 0.2) is 336 Å². The van der Waals surface area contributed by atoms with Crippen molar-refractivity contribution in [2.75, 3.05) is 0 Å². The molecular formula is C100H55ClN6O2S2. The van der Waals surface area contributed by atoms with E-state index in [1.807, 2.05) is 47.7 Å². The number of aromatic amines is 1. The molecule has 0 aliphatic carbocycles. The Kier molecular flexibility index (Phi) is 13.5. The Morgan fingerprint density at radius 1 is 0.270 bits per heavy atom. The second-order valence-corrected chi connectivity index (χ2v) is 31.2. The summed E-state index contributed by atoms with van der Waals surface area (Å²) in [6.45, 7) is 0. The van der Waals surface area contributed by atoms with E-state index in [9.17, 15) is 0 Å². The molecule has 11 heteroatoms. The maximum absolute atomic E-state index is 6.63. The van der Waals surface area contributed by atoms with Gasteiger partial charge in [0.05, 0.1) is 11.0 Å². The number of aromatic nitrogens is 6. The van der Waals surface area contributed by atoms with E-state index in [2.05, 4.69) is 311 Å². The van der Waals surface area contributed by atoms with E-state index in [0.29, 0.717) is 17.1 Å². The van der Waals surface area contributed by atoms with Gasteiger partial charge in [-0.05, 0) is 160 Å². The number of hydrogen-bond donors (Lipinski definition) is 1. The van der Waals surface area contributed by atoms with Gasteiger partial charge in [-0.25, -0.2) is 19.9 Å². The third-order valence-corrected chi connectivity index (χ3v) is 25.2. The molecule has 0 amide bonds. The predicted molar refractivity (Wildman–Crippen MR) is 470 cm³/mol. The molecule has 0 saturated carbocycles. The van der Waals surface area contributed by atoms with Crippen LogP contribution in [0.3, 0.4) is 0 Å². The molecule has 0 spiro atoms. The van der Waals surface area contributed by atoms with Crippen molar-refractivity contribution in [1.29, 1.82) is 0 Å². The molecule has 8 nitrogen and oxygen atoms in total. The lowest BCUT2D eigenvalue weighted by Crippen LogP contribution is -2.03. The molecule has 8 aromatic heterocycles. The monoisotopic (exact) mass is 1470 g/mol. The molecule has 0 fully saturated rings. The Morgan fingerprint density at radius 2 is 0.640 bits per heavy atom. The standard InChI is InChI=1S/C50H27N3OS.C28H17N.C22H11ClN2OS/c1-2-12-30-28(11-1)22-25-39-45(30)46-40(26-24-37-33-15-4-3-13-31(33)32-14-5-6-17-36(32)44(37)46)53(39)50-51-47(49-48(52-50)38-18-7-9-19-41(38)54-49)29-21-23-35-34-16-8-10-20-42(34)55-43(35)27-29;1-2-8-18-17(7-1)13-15-24-27(18)28-25(29-24)16-14-23-21-11-4-3-9-19(21)20-10-5-6-12-22(20)26(23)28;23-22-24-19(21-20(25-22)15-6-1-3-7-16(15)26-21)12-9-10-14-13-5-2-4-8-17(13)27-18(14)11-12/h1-27H;1-16,29H;1-11H. The summed E-state index contributed by atoms with van der Waals surface area (Å²) >= 11 is 9.84. The summed E-state index contributed by atoms with van der Waals surface area (Å²) in [6.07, 6.45) is 0. The van der Waals surface area contributed by atoms with Crippen LogP contribution >= 0.6 is 34.3 Å². The molecule has 0 bridgehead atoms. The summed E-state index contributed by atoms with van der Waals surface area (Å²) in [5, 5.41) is 32.7. The topological polar surface area (TPSA) is 98.6 Å². The van der Waals surface area contributed by atoms with E-state index in [4.69, 9.17) is 30.4 Å². The lowest BCUT2D eigenvalue weighted by molar-refractivity contribution is 0.666. The zero-order chi connectivity index (χ0) is 72.7. The number of hydrogen-bond acceptors (Lipinski definition) is 8. The number of rotatable bonds is 3. The van der Waals surface area contributed by atoms with E-state index >= 15 is 0 Å². The van der Waals surface area contributed by atoms with Crippen LogP contribution in [0.25, 0.3) is 243 Å². The van der Waals surface area contributed by atoms with Crippen molar-refractivity contribution in [3.63, 3.8) is 0 Å². The minimum Gasteiger partial charge on any atom is -0.452 e. The maximum atomic E-state index is 6.63. The second kappa shape index (κ2) is 24.1. The third-order valence-electron chi connectivity index (χ3n) is 22.8. The van der Waals surface area contributed by atoms with Gasteiger partial charge in [0.25, 0.3) is 0 Å². The SMILES string of the molecule is Clc1nc(-c2ccc3c(c2)sc2ccccc23)c2oc3ccccc3c2n1.c1ccc2c(c1)ccc1[nH]c3ccc4c5ccccc5c5ccccc5c4c3c12.c1ccc2c(c1)ccc1c2c2c3c4ccccc4c4ccccc4c3ccc2n1-c1nc(-c2ccc3c(c2)sc2ccccc23)c2oc3ccccc3c2n1. The van der Waals surface area contributed by atoms with Crippen LogP contribution in [0.2, 0.25) is 5.28 Å². The average molecular weight is 1470 g/mol. The second-order valence-electron chi connectivity index (χ2n) is 28.7. The number of benzene rings is 18. The van der Waals surface area contributed by atoms with Gasteiger partial charge < -0.3 is 13.8 Å². The first-order chi connectivity index (χ1) is 55.0. The fourth-order valence-corrected chi connectivity index (χ4v) is 20.5. The van der Waals surface area contributed by atoms with E-state index < -0.39 is 0 Å². The molecule has 26 rings (SSSR count). The Balaban J connectivity index is 0.000000107. The number of para-hydroxylation sites is 2. The summed E-state index contributed by atoms with van der Waals surface area (Å²) in [4.78, 5) is 23.5. The van der Waals surface area contributed by atoms with Gasteiger partial charge in [0.15, 0.2) is 11.2 Å². The van der Waals surface area contributed by atoms with Crippen LogP contribution in [0, 0.1) is 0 Å². The summed E-state index contributed by atoms with van der Waals surface area (Å²) in [5.74, 6) is 0.616. The van der Waals surface area contributed by atoms with Crippen LogP contribution in [-0.2, 0) is 0 Å². The average Bonchev–Trinajstić information content (AvgIpc) is 1.56. The molecule has 0 unspecified atom stereocenters. The molecule has 18 aromatic carbocycles. The molecule has 0 atom stereocenters. The molecule has 0 radical (unpaired) electrons. The summed E-state index contributed by atoms with van der Waals surface area (Å²) in [5.41, 5.74) is 12.5. The number of thiophene rings is 2. The lowest BCUT2D eigenvalue weighted by atomic mass is 9.91. The van der Waals surface area contributed by atoms with Crippen LogP contribution < -0.4 is 0 Å². The van der Waals surface area contributed by atoms with E-state index in [1.54, 1.807) is 11.3 Å². The number of furan rings is 2. The van der Waals surface area contributed by atoms with Crippen molar-refractivity contribution in [1.82, 2.24) is 29.5 Å². The van der Waals surface area contributed by atoms with Crippen LogP contribution in [0.5, 0.6) is 0 Å². The summed E-state index contributed by atoms with van der Waals surface area (Å²) < 4.78 is 20.0. The molecule has 8 heterocycles. The first-order valence-corrected chi connectivity index (χ1v) is 39.2. The van der Waals surface area contributed by atoms with Crippen LogP contribution in [-0.4, -0.2) is 29.5 Å². The largest absolute Gasteiger partial charge is 0.452 e. The van der Waals surface area contributed by atoms with E-state index in [-0.39, 0.29) is 5.28 Å². The van der Waals surface area contributed by atoms with Gasteiger partial charge in [-0.1, -0.05) is 255 Å². The molecule has 0 aliphatic rings. The molecule has 1 N–H and O–H groups in total. The Morgan fingerprint density at radius 3 is 1.20 bits per heavy atom. The van der Waals surface area contributed by atoms with Crippen LogP contribution in [0.1, 0.15) is 0 Å². The molecule has 0 saturated heterocycles. The third kappa shape index (κ3) is 9.33. The number of fused-ring (bicyclic) bond motifs is 36. The van der Waals surface area contributed by atoms with Gasteiger partial charge in [0.1, 0.15) is 33.6 Å². The van der Waals surface area contributed by atoms with Gasteiger partial charge in [0, 0.05) is 106 Å². The van der Waals surface area contributed by atoms with E-state index in [0.717, 1.165) is 66.5 Å². The Bertz CT molecular complexity index is 8460. The van der Waals surface area contributed by atoms with Gasteiger partial charge in [-0.2, -0.15) is 0 Å². The minimum atomic E-state index is 0.223. The van der Waals surface area contributed by atoms with Gasteiger partial charge in [-0.3, -0.25) is 4.57 Å². The van der Waals surface area contributed by atoms with Gasteiger partial charge in [0.2, 0.25) is 11.2 Å². The normalized spacial score (nSPS) is 12.2. The molecule has 0 aliphatic heterocycles. The quantitative estimate of drug-likeness (QED) is 0.140. The highest BCUT2D eigenvalue weighted by atomic mass is 35.5. The lowest BCUT2D eigenvalue weighted by Gasteiger charge is -2.12. The highest BCUT2D eigenvalue weighted by molar-refractivity contribution is 7.26. The van der Waals surface area contributed by atoms with Crippen molar-refractivity contribution in [3.8, 4) is 28.5 Å². The first-order valence-electron chi connectivity index (χ1n) is 37.2. The molecule has 26 aromatic rings. The molecular weight excluding hydrogens is 1420 g/mol. The zero-order valence-corrected chi connectivity index (χ0v) is 61.3. The van der Waals surface area contributed by atoms with Crippen molar-refractivity contribution < 1.29 is 8.83 Å². The summed E-state index contributed by atoms with van der Waals surface area (Å²) in [7, 11) is 0. The smallest absolute Gasteiger partial charge is 0.236 e. The number of nitrogens with zero attached hydrogens (tertiary/aromatic N) is 5. The number of halogens is 1. The Labute approximate surface area is 643 Å². The first kappa shape index (κ1) is 62.2. The Hall–Kier alpha value is -13.9. The zero-order valence-electron chi connectivity index (χ0n) is 58.9. The highest BCUT2D eigenvalue weighted by Crippen LogP contribution is 2.49. The van der Waals surface area contributed by atoms with Crippen molar-refractivity contribution in [3.05, 3.63) is 333 Å². The van der Waals surface area contributed by atoms with Gasteiger partial charge >= 0.3 is 0 Å². The van der Waals surface area contributed by atoms with Gasteiger partial charge in [-0.15, -0.1) is 22.7 Å². The predicted octanol–water partition coefficient (Wildman–Crippen LogP) is 29.1. The fraction of sp³-hybridized carbons (Fsp3) is 0. The molecule has 516 valence electrons. The fourth-order valence-electron chi connectivity index (χ4n) is 18.0. The van der Waals surface area contributed by atoms with E-state index in [1.165, 1.54) is 159 Å². The number of H-pyrrole nitrogens is 1. The van der Waals surface area contributed by atoms with Crippen molar-refractivity contribution in [2.45, 2.75) is 0 Å². The number of nitrogens with one attached hydrogen (secondary N) is 1. The van der Waals surface area contributed by atoms with Crippen molar-refractivity contribution >= 4 is 249 Å². The minimum absolute atomic E-state index is 0.223. The van der Waals surface area contributed by atoms with Crippen molar-refractivity contribution in [2.24, 2.45) is 0 Å². The maximum Gasteiger partial charge on any atom is 0.236 e. The molecule has 111 heavy (non-hydrogen) atoms. The van der Waals surface area contributed by atoms with Crippen LogP contribution in [0.4, 0.5) is 0 Å².